The van der Waals surface area contributed by atoms with E-state index >= 15 is 0 Å². The fraction of sp³-hybridized carbons (Fsp3) is 0.263. The molecule has 0 bridgehead atoms. The van der Waals surface area contributed by atoms with E-state index in [4.69, 9.17) is 4.74 Å². The van der Waals surface area contributed by atoms with Gasteiger partial charge in [0.25, 0.3) is 11.8 Å². The van der Waals surface area contributed by atoms with Gasteiger partial charge in [0.2, 0.25) is 0 Å². The van der Waals surface area contributed by atoms with Gasteiger partial charge in [-0.1, -0.05) is 30.3 Å². The van der Waals surface area contributed by atoms with Crippen LogP contribution in [0.4, 0.5) is 0 Å². The zero-order valence-corrected chi connectivity index (χ0v) is 13.7. The van der Waals surface area contributed by atoms with Crippen molar-refractivity contribution in [2.75, 3.05) is 13.2 Å². The summed E-state index contributed by atoms with van der Waals surface area (Å²) >= 11 is 0. The minimum absolute atomic E-state index is 0.0130. The summed E-state index contributed by atoms with van der Waals surface area (Å²) in [5.41, 5.74) is 2.71. The van der Waals surface area contributed by atoms with Crippen molar-refractivity contribution < 1.29 is 19.4 Å². The molecular formula is C19H19NO4. The van der Waals surface area contributed by atoms with Gasteiger partial charge in [-0.2, -0.15) is 0 Å². The van der Waals surface area contributed by atoms with Crippen LogP contribution in [0, 0.1) is 13.8 Å². The molecule has 1 aliphatic heterocycles. The summed E-state index contributed by atoms with van der Waals surface area (Å²) in [7, 11) is 0. The van der Waals surface area contributed by atoms with Crippen LogP contribution in [0.5, 0.6) is 5.75 Å². The predicted molar refractivity (Wildman–Crippen MR) is 89.2 cm³/mol. The van der Waals surface area contributed by atoms with Crippen LogP contribution in [0.25, 0.3) is 0 Å². The maximum absolute atomic E-state index is 12.3. The molecule has 0 spiro atoms. The van der Waals surface area contributed by atoms with Gasteiger partial charge in [-0.05, 0) is 37.1 Å². The number of rotatable bonds is 5. The lowest BCUT2D eigenvalue weighted by atomic mass is 10.1. The summed E-state index contributed by atoms with van der Waals surface area (Å²) in [5, 5.41) is 10.2. The number of ether oxygens (including phenoxy) is 1. The second kappa shape index (κ2) is 6.45. The van der Waals surface area contributed by atoms with Gasteiger partial charge in [-0.15, -0.1) is 0 Å². The molecule has 0 unspecified atom stereocenters. The largest absolute Gasteiger partial charge is 0.490 e. The van der Waals surface area contributed by atoms with Crippen LogP contribution in [0.3, 0.4) is 0 Å². The van der Waals surface area contributed by atoms with Crippen LogP contribution < -0.4 is 4.74 Å². The first kappa shape index (κ1) is 16.2. The number of imide groups is 1. The highest BCUT2D eigenvalue weighted by molar-refractivity contribution is 6.21. The molecule has 1 aliphatic rings. The molecule has 2 aromatic rings. The van der Waals surface area contributed by atoms with Crippen molar-refractivity contribution in [2.45, 2.75) is 20.0 Å². The molecule has 0 aliphatic carbocycles. The van der Waals surface area contributed by atoms with E-state index in [1.807, 2.05) is 32.0 Å². The van der Waals surface area contributed by atoms with Gasteiger partial charge in [0.15, 0.2) is 0 Å². The van der Waals surface area contributed by atoms with Crippen LogP contribution >= 0.6 is 0 Å². The molecule has 1 N–H and O–H groups in total. The van der Waals surface area contributed by atoms with Crippen molar-refractivity contribution in [1.29, 1.82) is 0 Å². The fourth-order valence-corrected chi connectivity index (χ4v) is 2.87. The number of aliphatic hydroxyl groups is 1. The highest BCUT2D eigenvalue weighted by Gasteiger charge is 2.36. The molecule has 2 amide bonds. The van der Waals surface area contributed by atoms with Crippen LogP contribution in [0.15, 0.2) is 42.5 Å². The molecule has 2 aromatic carbocycles. The van der Waals surface area contributed by atoms with Gasteiger partial charge < -0.3 is 9.84 Å². The first-order valence-electron chi connectivity index (χ1n) is 7.81. The van der Waals surface area contributed by atoms with Gasteiger partial charge in [-0.25, -0.2) is 0 Å². The van der Waals surface area contributed by atoms with Gasteiger partial charge >= 0.3 is 0 Å². The zero-order valence-electron chi connectivity index (χ0n) is 13.7. The van der Waals surface area contributed by atoms with Gasteiger partial charge in [0, 0.05) is 0 Å². The third-order valence-corrected chi connectivity index (χ3v) is 4.10. The molecule has 124 valence electrons. The van der Waals surface area contributed by atoms with Crippen molar-refractivity contribution in [2.24, 2.45) is 0 Å². The Morgan fingerprint density at radius 3 is 2.04 bits per heavy atom. The minimum atomic E-state index is -0.953. The number of fused-ring (bicyclic) bond motifs is 1. The van der Waals surface area contributed by atoms with Crippen molar-refractivity contribution >= 4 is 11.8 Å². The number of aryl methyl sites for hydroxylation is 2. The number of amides is 2. The SMILES string of the molecule is Cc1cccc(C)c1OC[C@H](O)CN1C(=O)c2ccccc2C1=O. The molecule has 1 heterocycles. The molecule has 0 saturated heterocycles. The van der Waals surface area contributed by atoms with Gasteiger partial charge in [0.1, 0.15) is 18.5 Å². The maximum atomic E-state index is 12.3. The van der Waals surface area contributed by atoms with E-state index in [2.05, 4.69) is 0 Å². The lowest BCUT2D eigenvalue weighted by Gasteiger charge is -2.20. The summed E-state index contributed by atoms with van der Waals surface area (Å²) in [6.07, 6.45) is -0.953. The standard InChI is InChI=1S/C19H19NO4/c1-12-6-5-7-13(2)17(12)24-11-14(21)10-20-18(22)15-8-3-4-9-16(15)19(20)23/h3-9,14,21H,10-11H2,1-2H3/t14-/m1/s1. The molecular weight excluding hydrogens is 306 g/mol. The van der Waals surface area contributed by atoms with Crippen molar-refractivity contribution in [3.8, 4) is 5.75 Å². The molecule has 0 aromatic heterocycles. The number of hydrogen-bond donors (Lipinski definition) is 1. The Kier molecular flexibility index (Phi) is 4.36. The second-order valence-electron chi connectivity index (χ2n) is 5.95. The molecule has 0 radical (unpaired) electrons. The number of para-hydroxylation sites is 1. The molecule has 5 heteroatoms. The minimum Gasteiger partial charge on any atom is -0.490 e. The number of nitrogens with zero attached hydrogens (tertiary/aromatic N) is 1. The average molecular weight is 325 g/mol. The van der Waals surface area contributed by atoms with E-state index in [9.17, 15) is 14.7 Å². The number of hydrogen-bond acceptors (Lipinski definition) is 4. The summed E-state index contributed by atoms with van der Waals surface area (Å²) in [6.45, 7) is 3.79. The highest BCUT2D eigenvalue weighted by Crippen LogP contribution is 2.24. The number of carbonyl (C=O) groups is 2. The van der Waals surface area contributed by atoms with Crippen molar-refractivity contribution in [3.05, 3.63) is 64.7 Å². The summed E-state index contributed by atoms with van der Waals surface area (Å²) in [4.78, 5) is 25.6. The normalized spacial score (nSPS) is 14.7. The predicted octanol–water partition coefficient (Wildman–Crippen LogP) is 2.34. The Hall–Kier alpha value is -2.66. The first-order valence-corrected chi connectivity index (χ1v) is 7.81. The zero-order chi connectivity index (χ0) is 17.3. The topological polar surface area (TPSA) is 66.8 Å². The molecule has 24 heavy (non-hydrogen) atoms. The van der Waals surface area contributed by atoms with E-state index < -0.39 is 6.10 Å². The molecule has 0 saturated carbocycles. The van der Waals surface area contributed by atoms with Gasteiger partial charge in [0.05, 0.1) is 17.7 Å². The third-order valence-electron chi connectivity index (χ3n) is 4.10. The van der Waals surface area contributed by atoms with E-state index in [1.165, 1.54) is 0 Å². The summed E-state index contributed by atoms with van der Waals surface area (Å²) in [6, 6.07) is 12.5. The number of carbonyl (C=O) groups excluding carboxylic acids is 2. The van der Waals surface area contributed by atoms with E-state index in [-0.39, 0.29) is 25.0 Å². The van der Waals surface area contributed by atoms with E-state index in [0.717, 1.165) is 21.8 Å². The molecule has 3 rings (SSSR count). The molecule has 5 nitrogen and oxygen atoms in total. The quantitative estimate of drug-likeness (QED) is 0.857. The van der Waals surface area contributed by atoms with Crippen LogP contribution in [0.1, 0.15) is 31.8 Å². The number of aliphatic hydroxyl groups excluding tert-OH is 1. The smallest absolute Gasteiger partial charge is 0.261 e. The highest BCUT2D eigenvalue weighted by atomic mass is 16.5. The molecule has 1 atom stereocenters. The Morgan fingerprint density at radius 1 is 0.958 bits per heavy atom. The van der Waals surface area contributed by atoms with Crippen molar-refractivity contribution in [3.63, 3.8) is 0 Å². The van der Waals surface area contributed by atoms with Gasteiger partial charge in [-0.3, -0.25) is 14.5 Å². The Balaban J connectivity index is 1.65. The maximum Gasteiger partial charge on any atom is 0.261 e. The third kappa shape index (κ3) is 2.90. The summed E-state index contributed by atoms with van der Waals surface area (Å²) in [5.74, 6) is -0.0256. The Morgan fingerprint density at radius 2 is 1.50 bits per heavy atom. The lowest BCUT2D eigenvalue weighted by molar-refractivity contribution is 0.0455. The number of benzene rings is 2. The van der Waals surface area contributed by atoms with Crippen molar-refractivity contribution in [1.82, 2.24) is 4.90 Å². The van der Waals surface area contributed by atoms with Crippen LogP contribution in [0.2, 0.25) is 0 Å². The summed E-state index contributed by atoms with van der Waals surface area (Å²) < 4.78 is 5.69. The Bertz CT molecular complexity index is 744. The second-order valence-corrected chi connectivity index (χ2v) is 5.95. The van der Waals surface area contributed by atoms with Crippen LogP contribution in [-0.2, 0) is 0 Å². The number of β-amino-alcohol motifs (C(OH)–C–C–N with tert-alkyl or cyclic N) is 1. The first-order chi connectivity index (χ1) is 11.5. The fourth-order valence-electron chi connectivity index (χ4n) is 2.87. The van der Waals surface area contributed by atoms with E-state index in [0.29, 0.717) is 11.1 Å². The monoisotopic (exact) mass is 325 g/mol. The van der Waals surface area contributed by atoms with E-state index in [1.54, 1.807) is 24.3 Å². The average Bonchev–Trinajstić information content (AvgIpc) is 2.80. The lowest BCUT2D eigenvalue weighted by Crippen LogP contribution is -2.39. The molecule has 0 fully saturated rings. The van der Waals surface area contributed by atoms with Crippen LogP contribution in [-0.4, -0.2) is 41.1 Å². The Labute approximate surface area is 140 Å².